The number of benzene rings is 2. The van der Waals surface area contributed by atoms with Crippen molar-refractivity contribution in [3.63, 3.8) is 0 Å². The van der Waals surface area contributed by atoms with Gasteiger partial charge in [0.1, 0.15) is 5.82 Å². The molecule has 1 aromatic heterocycles. The van der Waals surface area contributed by atoms with Crippen LogP contribution in [0.15, 0.2) is 42.6 Å². The molecule has 4 heteroatoms. The van der Waals surface area contributed by atoms with E-state index in [4.69, 9.17) is 11.6 Å². The number of rotatable bonds is 2. The number of ketones is 1. The van der Waals surface area contributed by atoms with E-state index in [1.54, 1.807) is 6.20 Å². The van der Waals surface area contributed by atoms with E-state index in [9.17, 15) is 9.18 Å². The van der Waals surface area contributed by atoms with Crippen molar-refractivity contribution in [2.24, 2.45) is 0 Å². The maximum absolute atomic E-state index is 13.5. The summed E-state index contributed by atoms with van der Waals surface area (Å²) in [5.74, 6) is -0.814. The van der Waals surface area contributed by atoms with Crippen LogP contribution in [-0.2, 0) is 0 Å². The van der Waals surface area contributed by atoms with Gasteiger partial charge in [-0.1, -0.05) is 23.2 Å². The number of H-pyrrole nitrogens is 1. The molecular formula is C16H11ClFNO. The fraction of sp³-hybridized carbons (Fsp3) is 0.0625. The Morgan fingerprint density at radius 3 is 2.75 bits per heavy atom. The second-order valence-electron chi connectivity index (χ2n) is 4.71. The van der Waals surface area contributed by atoms with Crippen molar-refractivity contribution >= 4 is 28.3 Å². The molecule has 100 valence electrons. The molecule has 1 N–H and O–H groups in total. The monoisotopic (exact) mass is 287 g/mol. The summed E-state index contributed by atoms with van der Waals surface area (Å²) in [6.07, 6.45) is 1.65. The van der Waals surface area contributed by atoms with Gasteiger partial charge >= 0.3 is 0 Å². The number of aromatic nitrogens is 1. The van der Waals surface area contributed by atoms with Crippen LogP contribution in [0.25, 0.3) is 10.9 Å². The zero-order valence-electron chi connectivity index (χ0n) is 10.7. The number of carbonyl (C=O) groups is 1. The van der Waals surface area contributed by atoms with Crippen LogP contribution in [-0.4, -0.2) is 10.8 Å². The second-order valence-corrected chi connectivity index (χ2v) is 5.12. The minimum absolute atomic E-state index is 0.0105. The van der Waals surface area contributed by atoms with E-state index in [0.717, 1.165) is 16.5 Å². The lowest BCUT2D eigenvalue weighted by Gasteiger charge is -2.02. The Labute approximate surface area is 120 Å². The molecule has 0 bridgehead atoms. The number of fused-ring (bicyclic) bond motifs is 1. The highest BCUT2D eigenvalue weighted by Crippen LogP contribution is 2.24. The lowest BCUT2D eigenvalue weighted by molar-refractivity contribution is 0.104. The van der Waals surface area contributed by atoms with E-state index in [2.05, 4.69) is 4.98 Å². The van der Waals surface area contributed by atoms with Gasteiger partial charge in [-0.2, -0.15) is 0 Å². The van der Waals surface area contributed by atoms with Crippen LogP contribution in [0.2, 0.25) is 5.02 Å². The van der Waals surface area contributed by atoms with Gasteiger partial charge in [0.25, 0.3) is 0 Å². The zero-order chi connectivity index (χ0) is 14.3. The van der Waals surface area contributed by atoms with Crippen molar-refractivity contribution in [1.29, 1.82) is 0 Å². The van der Waals surface area contributed by atoms with Crippen LogP contribution in [0, 0.1) is 12.7 Å². The SMILES string of the molecule is Cc1ccc2[nH]cc(C(=O)c3ccc(Cl)c(F)c3)c2c1. The summed E-state index contributed by atoms with van der Waals surface area (Å²) in [6, 6.07) is 9.91. The number of carbonyl (C=O) groups excluding carboxylic acids is 1. The molecule has 0 fully saturated rings. The molecule has 0 unspecified atom stereocenters. The lowest BCUT2D eigenvalue weighted by atomic mass is 10.0. The average Bonchev–Trinajstić information content (AvgIpc) is 2.84. The first kappa shape index (κ1) is 12.9. The number of aromatic amines is 1. The molecule has 0 aliphatic carbocycles. The normalized spacial score (nSPS) is 10.9. The van der Waals surface area contributed by atoms with Crippen molar-refractivity contribution < 1.29 is 9.18 Å². The maximum Gasteiger partial charge on any atom is 0.195 e. The van der Waals surface area contributed by atoms with E-state index >= 15 is 0 Å². The topological polar surface area (TPSA) is 32.9 Å². The molecule has 0 saturated carbocycles. The number of halogens is 2. The molecule has 0 saturated heterocycles. The molecular weight excluding hydrogens is 277 g/mol. The minimum Gasteiger partial charge on any atom is -0.360 e. The summed E-state index contributed by atoms with van der Waals surface area (Å²) in [6.45, 7) is 1.96. The third-order valence-corrected chi connectivity index (χ3v) is 3.57. The Kier molecular flexibility index (Phi) is 3.07. The molecule has 0 aliphatic rings. The molecule has 20 heavy (non-hydrogen) atoms. The fourth-order valence-corrected chi connectivity index (χ4v) is 2.33. The lowest BCUT2D eigenvalue weighted by Crippen LogP contribution is -2.01. The van der Waals surface area contributed by atoms with Gasteiger partial charge in [0, 0.05) is 28.2 Å². The first-order valence-electron chi connectivity index (χ1n) is 6.14. The molecule has 0 atom stereocenters. The quantitative estimate of drug-likeness (QED) is 0.692. The predicted octanol–water partition coefficient (Wildman–Crippen LogP) is 4.50. The Morgan fingerprint density at radius 1 is 1.20 bits per heavy atom. The molecule has 3 aromatic rings. The Balaban J connectivity index is 2.12. The highest BCUT2D eigenvalue weighted by molar-refractivity contribution is 6.31. The van der Waals surface area contributed by atoms with Crippen molar-refractivity contribution in [2.45, 2.75) is 6.92 Å². The number of hydrogen-bond acceptors (Lipinski definition) is 1. The molecule has 2 aromatic carbocycles. The smallest absolute Gasteiger partial charge is 0.195 e. The molecule has 3 rings (SSSR count). The largest absolute Gasteiger partial charge is 0.360 e. The average molecular weight is 288 g/mol. The van der Waals surface area contributed by atoms with E-state index in [1.807, 2.05) is 25.1 Å². The summed E-state index contributed by atoms with van der Waals surface area (Å²) in [5.41, 5.74) is 2.77. The maximum atomic E-state index is 13.5. The first-order valence-corrected chi connectivity index (χ1v) is 6.51. The molecule has 0 radical (unpaired) electrons. The van der Waals surface area contributed by atoms with Gasteiger partial charge in [-0.25, -0.2) is 4.39 Å². The molecule has 0 aliphatic heterocycles. The Bertz CT molecular complexity index is 822. The number of hydrogen-bond donors (Lipinski definition) is 1. The van der Waals surface area contributed by atoms with Crippen molar-refractivity contribution in [3.8, 4) is 0 Å². The van der Waals surface area contributed by atoms with Crippen LogP contribution in [0.5, 0.6) is 0 Å². The fourth-order valence-electron chi connectivity index (χ4n) is 2.22. The van der Waals surface area contributed by atoms with Gasteiger partial charge in [-0.3, -0.25) is 4.79 Å². The van der Waals surface area contributed by atoms with Gasteiger partial charge < -0.3 is 4.98 Å². The summed E-state index contributed by atoms with van der Waals surface area (Å²) in [4.78, 5) is 15.5. The molecule has 0 amide bonds. The van der Waals surface area contributed by atoms with E-state index in [0.29, 0.717) is 5.56 Å². The standard InChI is InChI=1S/C16H11ClFNO/c1-9-2-5-15-11(6-9)12(8-19-15)16(20)10-3-4-13(17)14(18)7-10/h2-8,19H,1H3. The highest BCUT2D eigenvalue weighted by atomic mass is 35.5. The summed E-state index contributed by atoms with van der Waals surface area (Å²) in [7, 11) is 0. The van der Waals surface area contributed by atoms with Crippen LogP contribution >= 0.6 is 11.6 Å². The van der Waals surface area contributed by atoms with Crippen molar-refractivity contribution in [3.05, 3.63) is 70.1 Å². The number of aryl methyl sites for hydroxylation is 1. The van der Waals surface area contributed by atoms with Crippen LogP contribution in [0.1, 0.15) is 21.5 Å². The third kappa shape index (κ3) is 2.10. The van der Waals surface area contributed by atoms with Gasteiger partial charge in [0.15, 0.2) is 5.78 Å². The second kappa shape index (κ2) is 4.76. The predicted molar refractivity (Wildman–Crippen MR) is 77.9 cm³/mol. The highest BCUT2D eigenvalue weighted by Gasteiger charge is 2.15. The minimum atomic E-state index is -0.589. The molecule has 1 heterocycles. The van der Waals surface area contributed by atoms with E-state index in [-0.39, 0.29) is 16.4 Å². The molecule has 0 spiro atoms. The van der Waals surface area contributed by atoms with Gasteiger partial charge in [-0.05, 0) is 37.3 Å². The van der Waals surface area contributed by atoms with Gasteiger partial charge in [0.2, 0.25) is 0 Å². The van der Waals surface area contributed by atoms with E-state index < -0.39 is 5.82 Å². The summed E-state index contributed by atoms with van der Waals surface area (Å²) in [5, 5.41) is 0.849. The van der Waals surface area contributed by atoms with Crippen LogP contribution in [0.3, 0.4) is 0 Å². The van der Waals surface area contributed by atoms with Gasteiger partial charge in [-0.15, -0.1) is 0 Å². The van der Waals surface area contributed by atoms with Crippen LogP contribution < -0.4 is 0 Å². The van der Waals surface area contributed by atoms with Crippen molar-refractivity contribution in [2.75, 3.05) is 0 Å². The summed E-state index contributed by atoms with van der Waals surface area (Å²) < 4.78 is 13.5. The summed E-state index contributed by atoms with van der Waals surface area (Å²) >= 11 is 5.63. The van der Waals surface area contributed by atoms with Crippen LogP contribution in [0.4, 0.5) is 4.39 Å². The van der Waals surface area contributed by atoms with Crippen molar-refractivity contribution in [1.82, 2.24) is 4.98 Å². The Morgan fingerprint density at radius 2 is 2.00 bits per heavy atom. The zero-order valence-corrected chi connectivity index (χ0v) is 11.5. The first-order chi connectivity index (χ1) is 9.56. The number of nitrogens with one attached hydrogen (secondary N) is 1. The third-order valence-electron chi connectivity index (χ3n) is 3.26. The van der Waals surface area contributed by atoms with Gasteiger partial charge in [0.05, 0.1) is 5.02 Å². The Hall–Kier alpha value is -2.13. The van der Waals surface area contributed by atoms with E-state index in [1.165, 1.54) is 18.2 Å². The molecule has 2 nitrogen and oxygen atoms in total.